The van der Waals surface area contributed by atoms with E-state index in [0.29, 0.717) is 17.0 Å². The minimum Gasteiger partial charge on any atom is -0.393 e. The topological polar surface area (TPSA) is 136 Å². The number of nitrogens with two attached hydrogens (primary N) is 2. The van der Waals surface area contributed by atoms with Gasteiger partial charge in [0, 0.05) is 29.8 Å². The summed E-state index contributed by atoms with van der Waals surface area (Å²) in [4.78, 5) is 37.9. The summed E-state index contributed by atoms with van der Waals surface area (Å²) in [6.45, 7) is 5.08. The van der Waals surface area contributed by atoms with Gasteiger partial charge in [0.15, 0.2) is 5.78 Å². The lowest BCUT2D eigenvalue weighted by atomic mass is 9.85. The molecule has 29 heavy (non-hydrogen) atoms. The monoisotopic (exact) mass is 425 g/mol. The van der Waals surface area contributed by atoms with Crippen LogP contribution in [0.25, 0.3) is 0 Å². The van der Waals surface area contributed by atoms with E-state index in [1.165, 1.54) is 6.92 Å². The van der Waals surface area contributed by atoms with Crippen molar-refractivity contribution >= 4 is 29.1 Å². The van der Waals surface area contributed by atoms with Gasteiger partial charge in [0.25, 0.3) is 0 Å². The Bertz CT molecular complexity index is 709. The van der Waals surface area contributed by atoms with Crippen molar-refractivity contribution in [1.82, 2.24) is 5.32 Å². The van der Waals surface area contributed by atoms with Gasteiger partial charge in [-0.15, -0.1) is 0 Å². The molecule has 0 aromatic heterocycles. The number of Topliss-reactive ketones (excluding diaryl/α,β-unsaturated/α-hetero) is 2. The molecule has 1 aromatic carbocycles. The smallest absolute Gasteiger partial charge is 0.226 e. The maximum atomic E-state index is 13.0. The first-order valence-electron chi connectivity index (χ1n) is 9.83. The molecule has 7 nitrogen and oxygen atoms in total. The largest absolute Gasteiger partial charge is 0.393 e. The summed E-state index contributed by atoms with van der Waals surface area (Å²) in [7, 11) is 0. The Morgan fingerprint density at radius 3 is 2.24 bits per heavy atom. The van der Waals surface area contributed by atoms with Crippen molar-refractivity contribution in [2.75, 3.05) is 13.1 Å². The van der Waals surface area contributed by atoms with Crippen LogP contribution in [0.15, 0.2) is 24.3 Å². The third-order valence-electron chi connectivity index (χ3n) is 4.93. The number of aliphatic hydroxyl groups is 1. The Balaban J connectivity index is 3.01. The van der Waals surface area contributed by atoms with Crippen LogP contribution < -0.4 is 16.8 Å². The second kappa shape index (κ2) is 12.0. The molecule has 0 aliphatic heterocycles. The van der Waals surface area contributed by atoms with Gasteiger partial charge < -0.3 is 21.9 Å². The van der Waals surface area contributed by atoms with Crippen LogP contribution in [0, 0.1) is 11.8 Å². The summed E-state index contributed by atoms with van der Waals surface area (Å²) in [5.41, 5.74) is 11.9. The molecule has 0 radical (unpaired) electrons. The molecule has 0 bridgehead atoms. The Morgan fingerprint density at radius 1 is 1.14 bits per heavy atom. The van der Waals surface area contributed by atoms with Crippen molar-refractivity contribution < 1.29 is 19.5 Å². The van der Waals surface area contributed by atoms with Gasteiger partial charge in [0.2, 0.25) is 5.91 Å². The fraction of sp³-hybridized carbons (Fsp3) is 0.571. The van der Waals surface area contributed by atoms with Crippen LogP contribution >= 0.6 is 11.6 Å². The highest BCUT2D eigenvalue weighted by Crippen LogP contribution is 2.30. The van der Waals surface area contributed by atoms with Gasteiger partial charge in [-0.3, -0.25) is 14.4 Å². The van der Waals surface area contributed by atoms with Crippen LogP contribution in [0.3, 0.4) is 0 Å². The average Bonchev–Trinajstić information content (AvgIpc) is 2.67. The number of carbonyl (C=O) groups excluding carboxylic acids is 3. The van der Waals surface area contributed by atoms with Crippen molar-refractivity contribution in [3.8, 4) is 0 Å². The first-order chi connectivity index (χ1) is 13.6. The number of rotatable bonds is 12. The molecule has 6 N–H and O–H groups in total. The molecule has 4 atom stereocenters. The fourth-order valence-electron chi connectivity index (χ4n) is 3.18. The Labute approximate surface area is 177 Å². The van der Waals surface area contributed by atoms with Crippen LogP contribution in [0.1, 0.15) is 45.1 Å². The van der Waals surface area contributed by atoms with Gasteiger partial charge in [0.1, 0.15) is 5.78 Å². The van der Waals surface area contributed by atoms with Crippen LogP contribution in [-0.2, 0) is 14.4 Å². The van der Waals surface area contributed by atoms with E-state index in [4.69, 9.17) is 23.1 Å². The SMILES string of the molecule is CC(C)C(=O)[C@H](CN)NC(=O)[C@@H](CC(=O)C(CCN)c1ccccc1Cl)C(C)O. The lowest BCUT2D eigenvalue weighted by Crippen LogP contribution is -2.51. The normalized spacial score (nSPS) is 15.4. The molecule has 0 spiro atoms. The molecule has 0 heterocycles. The van der Waals surface area contributed by atoms with E-state index >= 15 is 0 Å². The van der Waals surface area contributed by atoms with E-state index in [9.17, 15) is 19.5 Å². The molecular weight excluding hydrogens is 394 g/mol. The Hall–Kier alpha value is -1.80. The Kier molecular flexibility index (Phi) is 10.5. The minimum absolute atomic E-state index is 0.0569. The lowest BCUT2D eigenvalue weighted by molar-refractivity contribution is -0.136. The zero-order valence-electron chi connectivity index (χ0n) is 17.2. The number of amides is 1. The first kappa shape index (κ1) is 25.2. The number of benzene rings is 1. The second-order valence-electron chi connectivity index (χ2n) is 7.52. The number of halogens is 1. The molecule has 0 aliphatic rings. The summed E-state index contributed by atoms with van der Waals surface area (Å²) < 4.78 is 0. The van der Waals surface area contributed by atoms with Crippen LogP contribution in [0.2, 0.25) is 5.02 Å². The van der Waals surface area contributed by atoms with Crippen molar-refractivity contribution in [3.63, 3.8) is 0 Å². The highest BCUT2D eigenvalue weighted by Gasteiger charge is 2.33. The number of aliphatic hydroxyl groups excluding tert-OH is 1. The van der Waals surface area contributed by atoms with Gasteiger partial charge in [-0.2, -0.15) is 0 Å². The molecule has 0 saturated heterocycles. The van der Waals surface area contributed by atoms with Crippen molar-refractivity contribution in [2.45, 2.75) is 51.7 Å². The lowest BCUT2D eigenvalue weighted by Gasteiger charge is -2.25. The minimum atomic E-state index is -1.09. The fourth-order valence-corrected chi connectivity index (χ4v) is 3.45. The summed E-state index contributed by atoms with van der Waals surface area (Å²) in [5.74, 6) is -2.92. The number of ketones is 2. The highest BCUT2D eigenvalue weighted by molar-refractivity contribution is 6.31. The van der Waals surface area contributed by atoms with E-state index < -0.39 is 29.9 Å². The molecule has 2 unspecified atom stereocenters. The van der Waals surface area contributed by atoms with Crippen LogP contribution in [0.4, 0.5) is 0 Å². The molecular formula is C21H32ClN3O4. The standard InChI is InChI=1S/C21H32ClN3O4/c1-12(2)20(28)18(11-24)25-21(29)16(13(3)26)10-19(27)15(8-9-23)14-6-4-5-7-17(14)22/h4-7,12-13,15-16,18,26H,8-11,23-24H2,1-3H3,(H,25,29)/t13?,15?,16-,18-/m0/s1. The van der Waals surface area contributed by atoms with Crippen LogP contribution in [0.5, 0.6) is 0 Å². The summed E-state index contributed by atoms with van der Waals surface area (Å²) in [6.07, 6.45) is -0.920. The predicted molar refractivity (Wildman–Crippen MR) is 113 cm³/mol. The predicted octanol–water partition coefficient (Wildman–Crippen LogP) is 1.40. The Morgan fingerprint density at radius 2 is 1.76 bits per heavy atom. The van der Waals surface area contributed by atoms with Gasteiger partial charge in [-0.25, -0.2) is 0 Å². The van der Waals surface area contributed by atoms with Gasteiger partial charge in [-0.05, 0) is 31.5 Å². The average molecular weight is 426 g/mol. The maximum absolute atomic E-state index is 13.0. The molecule has 1 aromatic rings. The van der Waals surface area contributed by atoms with Crippen molar-refractivity contribution in [2.24, 2.45) is 23.3 Å². The van der Waals surface area contributed by atoms with E-state index in [0.717, 1.165) is 0 Å². The molecule has 0 saturated carbocycles. The molecule has 1 rings (SSSR count). The zero-order chi connectivity index (χ0) is 22.1. The third kappa shape index (κ3) is 7.19. The molecule has 0 aliphatic carbocycles. The van der Waals surface area contributed by atoms with E-state index in [1.54, 1.807) is 38.1 Å². The van der Waals surface area contributed by atoms with Gasteiger partial charge in [0.05, 0.1) is 18.1 Å². The number of hydrogen-bond acceptors (Lipinski definition) is 6. The summed E-state index contributed by atoms with van der Waals surface area (Å²) in [6, 6.07) is 6.13. The van der Waals surface area contributed by atoms with Gasteiger partial charge in [-0.1, -0.05) is 43.6 Å². The van der Waals surface area contributed by atoms with Gasteiger partial charge >= 0.3 is 0 Å². The van der Waals surface area contributed by atoms with Crippen LogP contribution in [-0.4, -0.2) is 47.8 Å². The maximum Gasteiger partial charge on any atom is 0.226 e. The zero-order valence-corrected chi connectivity index (χ0v) is 18.0. The van der Waals surface area contributed by atoms with Crippen molar-refractivity contribution in [1.29, 1.82) is 0 Å². The molecule has 0 fully saturated rings. The molecule has 1 amide bonds. The number of hydrogen-bond donors (Lipinski definition) is 4. The van der Waals surface area contributed by atoms with E-state index in [2.05, 4.69) is 5.32 Å². The second-order valence-corrected chi connectivity index (χ2v) is 7.93. The third-order valence-corrected chi connectivity index (χ3v) is 5.27. The number of nitrogens with one attached hydrogen (secondary N) is 1. The first-order valence-corrected chi connectivity index (χ1v) is 10.2. The molecule has 8 heteroatoms. The van der Waals surface area contributed by atoms with E-state index in [1.807, 2.05) is 0 Å². The summed E-state index contributed by atoms with van der Waals surface area (Å²) >= 11 is 6.24. The summed E-state index contributed by atoms with van der Waals surface area (Å²) in [5, 5.41) is 13.1. The van der Waals surface area contributed by atoms with E-state index in [-0.39, 0.29) is 37.0 Å². The molecule has 162 valence electrons. The van der Waals surface area contributed by atoms with Crippen molar-refractivity contribution in [3.05, 3.63) is 34.9 Å². The number of carbonyl (C=O) groups is 3. The quantitative estimate of drug-likeness (QED) is 0.399. The highest BCUT2D eigenvalue weighted by atomic mass is 35.5.